The molecule has 2 aromatic carbocycles. The summed E-state index contributed by atoms with van der Waals surface area (Å²) in [6, 6.07) is 19.6. The van der Waals surface area contributed by atoms with Crippen LogP contribution in [0.4, 0.5) is 0 Å². The number of hydrogen-bond donors (Lipinski definition) is 0. The normalized spacial score (nSPS) is 46.5. The highest BCUT2D eigenvalue weighted by atomic mass is 31.1. The molecule has 2 aromatic rings. The van der Waals surface area contributed by atoms with Gasteiger partial charge in [0.25, 0.3) is 0 Å². The van der Waals surface area contributed by atoms with Crippen LogP contribution in [0.25, 0.3) is 0 Å². The molecule has 4 fully saturated rings. The first kappa shape index (κ1) is 28.3. The summed E-state index contributed by atoms with van der Waals surface area (Å²) in [4.78, 5) is 0. The van der Waals surface area contributed by atoms with E-state index in [0.29, 0.717) is 0 Å². The Balaban J connectivity index is 1.25. The molecule has 0 radical (unpaired) electrons. The molecule has 4 aliphatic rings. The zero-order valence-corrected chi connectivity index (χ0v) is 28.6. The summed E-state index contributed by atoms with van der Waals surface area (Å²) in [7, 11) is -0.0738. The molecule has 6 unspecified atom stereocenters. The largest absolute Gasteiger partial charge is 0.0688 e. The highest BCUT2D eigenvalue weighted by molar-refractivity contribution is 7.75. The average molecular weight is 583 g/mol. The van der Waals surface area contributed by atoms with Gasteiger partial charge in [0, 0.05) is 0 Å². The van der Waals surface area contributed by atoms with Crippen LogP contribution in [0.2, 0.25) is 0 Å². The SMILES string of the molecule is C[C@@H]1CC[C@H](C)P1c1ccccc1P1[C@H](C)CC(C2[C@@H](C)P(c3ccccc3P3[C@H](C)C[C@@H]3C)[C@H]2C)[C@@H]1C. The third-order valence-electron chi connectivity index (χ3n) is 11.1. The van der Waals surface area contributed by atoms with Crippen molar-refractivity contribution in [3.05, 3.63) is 48.5 Å². The maximum atomic E-state index is 2.68. The van der Waals surface area contributed by atoms with Gasteiger partial charge in [-0.05, 0) is 104 Å². The standard InChI is InChI=1S/C34H50P4/c1-21-17-18-22(2)35(21)30-13-9-11-15-32(30)37-25(5)20-29(26(37)6)34-27(7)38(28(34)8)33-16-12-10-14-31(33)36-23(3)19-24(36)4/h9-16,21-29,34H,17-20H2,1-8H3/t21-,22+,23-,24+,25-,26+,27-,28+,29?,34?,35?,36?,37?,38?/m1/s1. The predicted molar refractivity (Wildman–Crippen MR) is 180 cm³/mol. The van der Waals surface area contributed by atoms with E-state index in [9.17, 15) is 0 Å². The lowest BCUT2D eigenvalue weighted by molar-refractivity contribution is 0.289. The summed E-state index contributed by atoms with van der Waals surface area (Å²) in [5, 5.41) is 7.23. The molecule has 4 heterocycles. The van der Waals surface area contributed by atoms with Crippen LogP contribution in [-0.4, -0.2) is 45.3 Å². The van der Waals surface area contributed by atoms with Gasteiger partial charge >= 0.3 is 0 Å². The molecule has 0 bridgehead atoms. The van der Waals surface area contributed by atoms with E-state index in [-0.39, 0.29) is 31.7 Å². The Morgan fingerprint density at radius 1 is 0.447 bits per heavy atom. The third-order valence-corrected chi connectivity index (χ3v) is 24.8. The monoisotopic (exact) mass is 582 g/mol. The van der Waals surface area contributed by atoms with Crippen molar-refractivity contribution in [2.75, 3.05) is 0 Å². The second-order valence-corrected chi connectivity index (χ2v) is 25.4. The summed E-state index contributed by atoms with van der Waals surface area (Å²) in [6.07, 6.45) is 5.78. The quantitative estimate of drug-likeness (QED) is 0.309. The molecule has 206 valence electrons. The lowest BCUT2D eigenvalue weighted by Crippen LogP contribution is -2.51. The Labute approximate surface area is 238 Å². The van der Waals surface area contributed by atoms with Crippen LogP contribution in [0, 0.1) is 11.8 Å². The molecule has 0 aromatic heterocycles. The lowest BCUT2D eigenvalue weighted by Gasteiger charge is -2.55. The Bertz CT molecular complexity index is 1120. The van der Waals surface area contributed by atoms with Crippen LogP contribution in [0.5, 0.6) is 0 Å². The maximum Gasteiger partial charge on any atom is -0.0157 e. The van der Waals surface area contributed by atoms with Crippen molar-refractivity contribution in [2.45, 2.75) is 126 Å². The van der Waals surface area contributed by atoms with Crippen molar-refractivity contribution >= 4 is 52.9 Å². The third kappa shape index (κ3) is 4.55. The lowest BCUT2D eigenvalue weighted by atomic mass is 9.81. The molecule has 0 N–H and O–H groups in total. The molecule has 0 nitrogen and oxygen atoms in total. The molecule has 4 saturated heterocycles. The fourth-order valence-corrected chi connectivity index (χ4v) is 24.3. The van der Waals surface area contributed by atoms with Crippen molar-refractivity contribution in [3.8, 4) is 0 Å². The smallest absolute Gasteiger partial charge is 0.0157 e. The molecule has 0 spiro atoms. The molecule has 14 atom stereocenters. The van der Waals surface area contributed by atoms with Gasteiger partial charge in [-0.25, -0.2) is 0 Å². The van der Waals surface area contributed by atoms with Crippen molar-refractivity contribution < 1.29 is 0 Å². The maximum absolute atomic E-state index is 2.68. The van der Waals surface area contributed by atoms with E-state index in [1.807, 2.05) is 15.9 Å². The highest BCUT2D eigenvalue weighted by Gasteiger charge is 2.55. The van der Waals surface area contributed by atoms with Crippen LogP contribution in [0.15, 0.2) is 48.5 Å². The fourth-order valence-electron chi connectivity index (χ4n) is 9.41. The van der Waals surface area contributed by atoms with Gasteiger partial charge in [0.1, 0.15) is 0 Å². The molecule has 4 aliphatic heterocycles. The van der Waals surface area contributed by atoms with Crippen LogP contribution >= 0.6 is 31.7 Å². The molecular weight excluding hydrogens is 532 g/mol. The molecule has 6 rings (SSSR count). The summed E-state index contributed by atoms with van der Waals surface area (Å²) in [5.74, 6) is 1.84. The Morgan fingerprint density at radius 2 is 0.842 bits per heavy atom. The fraction of sp³-hybridized carbons (Fsp3) is 0.647. The first-order chi connectivity index (χ1) is 18.2. The van der Waals surface area contributed by atoms with Crippen LogP contribution in [0.1, 0.15) is 81.1 Å². The van der Waals surface area contributed by atoms with E-state index in [1.54, 1.807) is 5.30 Å². The van der Waals surface area contributed by atoms with Crippen molar-refractivity contribution in [1.29, 1.82) is 0 Å². The summed E-state index contributed by atoms with van der Waals surface area (Å²) < 4.78 is 0. The minimum absolute atomic E-state index is 0.00459. The van der Waals surface area contributed by atoms with Gasteiger partial charge in [-0.1, -0.05) is 136 Å². The average Bonchev–Trinajstić information content (AvgIpc) is 3.36. The number of rotatable bonds is 5. The minimum Gasteiger partial charge on any atom is -0.0688 e. The van der Waals surface area contributed by atoms with Crippen molar-refractivity contribution in [1.82, 2.24) is 0 Å². The van der Waals surface area contributed by atoms with E-state index in [1.165, 1.54) is 25.7 Å². The molecular formula is C34H50P4. The van der Waals surface area contributed by atoms with Gasteiger partial charge in [-0.3, -0.25) is 0 Å². The Morgan fingerprint density at radius 3 is 1.32 bits per heavy atom. The first-order valence-corrected chi connectivity index (χ1v) is 21.4. The van der Waals surface area contributed by atoms with Gasteiger partial charge in [-0.2, -0.15) is 0 Å². The second-order valence-electron chi connectivity index (χ2n) is 13.4. The summed E-state index contributed by atoms with van der Waals surface area (Å²) in [6.45, 7) is 20.8. The van der Waals surface area contributed by atoms with Gasteiger partial charge in [0.05, 0.1) is 0 Å². The highest BCUT2D eigenvalue weighted by Crippen LogP contribution is 2.70. The van der Waals surface area contributed by atoms with Gasteiger partial charge in [-0.15, -0.1) is 0 Å². The van der Waals surface area contributed by atoms with E-state index < -0.39 is 0 Å². The molecule has 38 heavy (non-hydrogen) atoms. The van der Waals surface area contributed by atoms with Crippen LogP contribution < -0.4 is 21.2 Å². The van der Waals surface area contributed by atoms with Gasteiger partial charge in [0.2, 0.25) is 0 Å². The summed E-state index contributed by atoms with van der Waals surface area (Å²) in [5.41, 5.74) is 7.14. The zero-order valence-electron chi connectivity index (χ0n) is 25.0. The molecule has 0 amide bonds. The second kappa shape index (κ2) is 11.1. The van der Waals surface area contributed by atoms with Crippen LogP contribution in [-0.2, 0) is 0 Å². The molecule has 0 aliphatic carbocycles. The van der Waals surface area contributed by atoms with Crippen molar-refractivity contribution in [2.24, 2.45) is 11.8 Å². The Hall–Kier alpha value is 0.160. The van der Waals surface area contributed by atoms with Gasteiger partial charge < -0.3 is 0 Å². The molecule has 4 heteroatoms. The Kier molecular flexibility index (Phi) is 8.26. The number of benzene rings is 2. The molecule has 0 saturated carbocycles. The van der Waals surface area contributed by atoms with Crippen molar-refractivity contribution in [3.63, 3.8) is 0 Å². The first-order valence-electron chi connectivity index (χ1n) is 15.5. The number of hydrogen-bond acceptors (Lipinski definition) is 0. The summed E-state index contributed by atoms with van der Waals surface area (Å²) >= 11 is 0. The predicted octanol–water partition coefficient (Wildman–Crippen LogP) is 8.77. The van der Waals surface area contributed by atoms with Crippen LogP contribution in [0.3, 0.4) is 0 Å². The van der Waals surface area contributed by atoms with E-state index in [0.717, 1.165) is 57.1 Å². The topological polar surface area (TPSA) is 0 Å². The zero-order chi connectivity index (χ0) is 26.9. The van der Waals surface area contributed by atoms with E-state index in [2.05, 4.69) is 104 Å². The van der Waals surface area contributed by atoms with E-state index in [4.69, 9.17) is 0 Å². The van der Waals surface area contributed by atoms with E-state index >= 15 is 0 Å². The minimum atomic E-state index is -0.0833. The van der Waals surface area contributed by atoms with Gasteiger partial charge in [0.15, 0.2) is 0 Å².